The summed E-state index contributed by atoms with van der Waals surface area (Å²) in [6, 6.07) is 12.2. The number of nitrogens with one attached hydrogen (secondary N) is 1. The maximum atomic E-state index is 13.0. The van der Waals surface area contributed by atoms with Crippen LogP contribution in [0.2, 0.25) is 0 Å². The van der Waals surface area contributed by atoms with Crippen LogP contribution in [-0.2, 0) is 13.1 Å². The molecule has 0 fully saturated rings. The minimum Gasteiger partial charge on any atom is -0.465 e. The number of hydrogen-bond donors (Lipinski definition) is 2. The van der Waals surface area contributed by atoms with Crippen LogP contribution >= 0.6 is 11.3 Å². The van der Waals surface area contributed by atoms with Gasteiger partial charge in [0, 0.05) is 36.1 Å². The Kier molecular flexibility index (Phi) is 6.68. The summed E-state index contributed by atoms with van der Waals surface area (Å²) in [5, 5.41) is 14.7. The van der Waals surface area contributed by atoms with Gasteiger partial charge in [-0.2, -0.15) is 5.10 Å². The fourth-order valence-electron chi connectivity index (χ4n) is 2.82. The number of benzene rings is 1. The third kappa shape index (κ3) is 5.15. The second kappa shape index (κ2) is 9.40. The number of nitrogens with zero attached hydrogens (tertiary/aromatic N) is 4. The molecule has 2 aromatic heterocycles. The van der Waals surface area contributed by atoms with E-state index in [1.165, 1.54) is 10.9 Å². The molecule has 0 spiro atoms. The highest BCUT2D eigenvalue weighted by Gasteiger charge is 2.11. The summed E-state index contributed by atoms with van der Waals surface area (Å²) in [5.74, 6) is 0. The summed E-state index contributed by atoms with van der Waals surface area (Å²) in [5.41, 5.74) is 1.91. The van der Waals surface area contributed by atoms with Crippen LogP contribution in [0.25, 0.3) is 10.4 Å². The predicted octanol–water partition coefficient (Wildman–Crippen LogP) is 3.01. The van der Waals surface area contributed by atoms with E-state index >= 15 is 0 Å². The molecule has 8 nitrogen and oxygen atoms in total. The van der Waals surface area contributed by atoms with E-state index in [0.717, 1.165) is 25.7 Å². The van der Waals surface area contributed by atoms with Gasteiger partial charge in [0.2, 0.25) is 0 Å². The summed E-state index contributed by atoms with van der Waals surface area (Å²) in [4.78, 5) is 27.2. The third-order valence-electron chi connectivity index (χ3n) is 4.41. The summed E-state index contributed by atoms with van der Waals surface area (Å²) in [6.07, 6.45) is 0.417. The maximum Gasteiger partial charge on any atom is 0.404 e. The number of amides is 1. The summed E-state index contributed by atoms with van der Waals surface area (Å²) in [7, 11) is 3.98. The highest BCUT2D eigenvalue weighted by Crippen LogP contribution is 2.30. The Morgan fingerprint density at radius 3 is 2.83 bits per heavy atom. The van der Waals surface area contributed by atoms with Crippen LogP contribution in [0.4, 0.5) is 14.9 Å². The van der Waals surface area contributed by atoms with Gasteiger partial charge in [-0.1, -0.05) is 12.1 Å². The lowest BCUT2D eigenvalue weighted by molar-refractivity contribution is 0.195. The molecular formula is C20H22FN5O3S. The van der Waals surface area contributed by atoms with Crippen molar-refractivity contribution in [3.63, 3.8) is 0 Å². The highest BCUT2D eigenvalue weighted by molar-refractivity contribution is 7.15. The van der Waals surface area contributed by atoms with Crippen molar-refractivity contribution in [2.24, 2.45) is 0 Å². The van der Waals surface area contributed by atoms with E-state index in [2.05, 4.69) is 16.5 Å². The summed E-state index contributed by atoms with van der Waals surface area (Å²) < 4.78 is 15.5. The standard InChI is InChI=1S/C20H22FN5O3S/c1-24(2)16-5-3-4-15(8-16)18-7-6-17(30-18)12-25-13-23-26(20(25)29)11-14(9-21)10-22-19(27)28/h3-9,13,22H,10-12H2,1-2H3,(H,27,28). The number of halogens is 1. The number of hydrogen-bond acceptors (Lipinski definition) is 5. The fourth-order valence-corrected chi connectivity index (χ4v) is 3.83. The molecule has 2 heterocycles. The topological polar surface area (TPSA) is 92.4 Å². The van der Waals surface area contributed by atoms with E-state index in [-0.39, 0.29) is 25.0 Å². The number of aromatic nitrogens is 3. The Morgan fingerprint density at radius 1 is 1.33 bits per heavy atom. The molecule has 0 aliphatic rings. The van der Waals surface area contributed by atoms with Crippen molar-refractivity contribution in [1.82, 2.24) is 19.7 Å². The number of rotatable bonds is 8. The molecule has 158 valence electrons. The molecule has 0 aliphatic carbocycles. The largest absolute Gasteiger partial charge is 0.465 e. The first kappa shape index (κ1) is 21.3. The van der Waals surface area contributed by atoms with Crippen LogP contribution in [0.3, 0.4) is 0 Å². The number of thiophene rings is 1. The molecule has 1 aromatic carbocycles. The SMILES string of the molecule is CN(C)c1cccc(-c2ccc(Cn3cnn(CC(=CF)CNC(=O)O)c3=O)s2)c1. The van der Waals surface area contributed by atoms with E-state index in [4.69, 9.17) is 5.11 Å². The van der Waals surface area contributed by atoms with Gasteiger partial charge in [0.25, 0.3) is 0 Å². The van der Waals surface area contributed by atoms with Crippen molar-refractivity contribution in [3.8, 4) is 10.4 Å². The van der Waals surface area contributed by atoms with E-state index in [1.54, 1.807) is 11.3 Å². The monoisotopic (exact) mass is 431 g/mol. The van der Waals surface area contributed by atoms with E-state index in [1.807, 2.05) is 49.3 Å². The van der Waals surface area contributed by atoms with Crippen molar-refractivity contribution in [2.45, 2.75) is 13.1 Å². The summed E-state index contributed by atoms with van der Waals surface area (Å²) >= 11 is 1.59. The van der Waals surface area contributed by atoms with Gasteiger partial charge in [0.05, 0.1) is 19.4 Å². The van der Waals surface area contributed by atoms with E-state index < -0.39 is 11.8 Å². The molecular weight excluding hydrogens is 409 g/mol. The molecule has 0 saturated carbocycles. The molecule has 0 radical (unpaired) electrons. The first-order valence-corrected chi connectivity index (χ1v) is 9.92. The Labute approximate surface area is 176 Å². The first-order chi connectivity index (χ1) is 14.4. The van der Waals surface area contributed by atoms with E-state index in [9.17, 15) is 14.0 Å². The smallest absolute Gasteiger partial charge is 0.404 e. The van der Waals surface area contributed by atoms with Gasteiger partial charge >= 0.3 is 11.8 Å². The van der Waals surface area contributed by atoms with Gasteiger partial charge in [-0.05, 0) is 35.4 Å². The zero-order chi connectivity index (χ0) is 21.7. The summed E-state index contributed by atoms with van der Waals surface area (Å²) in [6.45, 7) is -0.0000182. The molecule has 0 aliphatic heterocycles. The van der Waals surface area contributed by atoms with Crippen molar-refractivity contribution >= 4 is 23.1 Å². The molecule has 3 aromatic rings. The minimum absolute atomic E-state index is 0.101. The van der Waals surface area contributed by atoms with Crippen molar-refractivity contribution in [1.29, 1.82) is 0 Å². The van der Waals surface area contributed by atoms with Crippen LogP contribution in [0.15, 0.2) is 59.4 Å². The first-order valence-electron chi connectivity index (χ1n) is 9.11. The number of anilines is 1. The molecule has 0 bridgehead atoms. The number of carboxylic acid groups (broad SMARTS) is 1. The number of carbonyl (C=O) groups is 1. The van der Waals surface area contributed by atoms with Crippen molar-refractivity contribution in [3.05, 3.63) is 70.0 Å². The quantitative estimate of drug-likeness (QED) is 0.572. The molecule has 0 unspecified atom stereocenters. The highest BCUT2D eigenvalue weighted by atomic mass is 32.1. The van der Waals surface area contributed by atoms with Gasteiger partial charge in [-0.15, -0.1) is 11.3 Å². The Morgan fingerprint density at radius 2 is 2.13 bits per heavy atom. The van der Waals surface area contributed by atoms with E-state index in [0.29, 0.717) is 6.54 Å². The van der Waals surface area contributed by atoms with Crippen LogP contribution < -0.4 is 15.9 Å². The zero-order valence-electron chi connectivity index (χ0n) is 16.6. The van der Waals surface area contributed by atoms with Crippen LogP contribution in [0.5, 0.6) is 0 Å². The Bertz CT molecular complexity index is 1120. The molecule has 2 N–H and O–H groups in total. The molecule has 0 saturated heterocycles. The lowest BCUT2D eigenvalue weighted by Gasteiger charge is -2.12. The predicted molar refractivity (Wildman–Crippen MR) is 115 cm³/mol. The second-order valence-corrected chi connectivity index (χ2v) is 8.00. The molecule has 1 amide bonds. The van der Waals surface area contributed by atoms with Crippen molar-refractivity contribution in [2.75, 3.05) is 25.5 Å². The van der Waals surface area contributed by atoms with Crippen molar-refractivity contribution < 1.29 is 14.3 Å². The fraction of sp³-hybridized carbons (Fsp3) is 0.250. The van der Waals surface area contributed by atoms with Gasteiger partial charge in [-0.25, -0.2) is 18.7 Å². The molecule has 3 rings (SSSR count). The minimum atomic E-state index is -1.27. The van der Waals surface area contributed by atoms with Gasteiger partial charge < -0.3 is 15.3 Å². The molecule has 10 heteroatoms. The molecule has 0 atom stereocenters. The van der Waals surface area contributed by atoms with Crippen LogP contribution in [0, 0.1) is 0 Å². The molecule has 30 heavy (non-hydrogen) atoms. The Hall–Kier alpha value is -3.40. The average Bonchev–Trinajstić information content (AvgIpc) is 3.33. The maximum absolute atomic E-state index is 13.0. The van der Waals surface area contributed by atoms with Crippen LogP contribution in [0.1, 0.15) is 4.88 Å². The van der Waals surface area contributed by atoms with Crippen LogP contribution in [-0.4, -0.2) is 46.2 Å². The zero-order valence-corrected chi connectivity index (χ0v) is 17.4. The third-order valence-corrected chi connectivity index (χ3v) is 5.52. The second-order valence-electron chi connectivity index (χ2n) is 6.84. The normalized spacial score (nSPS) is 11.5. The van der Waals surface area contributed by atoms with Gasteiger partial charge in [0.1, 0.15) is 6.33 Å². The average molecular weight is 431 g/mol. The lowest BCUT2D eigenvalue weighted by atomic mass is 10.1. The van der Waals surface area contributed by atoms with Gasteiger partial charge in [-0.3, -0.25) is 4.57 Å². The lowest BCUT2D eigenvalue weighted by Crippen LogP contribution is -2.29. The Balaban J connectivity index is 1.72. The van der Waals surface area contributed by atoms with Gasteiger partial charge in [0.15, 0.2) is 0 Å².